The Morgan fingerprint density at radius 3 is 2.49 bits per heavy atom. The molecule has 2 aromatic rings. The van der Waals surface area contributed by atoms with Crippen molar-refractivity contribution in [1.29, 1.82) is 0 Å². The van der Waals surface area contributed by atoms with E-state index in [4.69, 9.17) is 0 Å². The Balaban J connectivity index is 1.11. The highest BCUT2D eigenvalue weighted by Gasteiger charge is 2.46. The molecule has 6 heteroatoms. The minimum absolute atomic E-state index is 0.188. The average molecular weight is 502 g/mol. The van der Waals surface area contributed by atoms with Gasteiger partial charge in [-0.15, -0.1) is 0 Å². The Bertz CT molecular complexity index is 1100. The van der Waals surface area contributed by atoms with Crippen LogP contribution >= 0.6 is 0 Å². The molecule has 4 fully saturated rings. The Hall–Kier alpha value is -2.44. The van der Waals surface area contributed by atoms with Gasteiger partial charge in [-0.05, 0) is 120 Å². The fourth-order valence-corrected chi connectivity index (χ4v) is 7.53. The van der Waals surface area contributed by atoms with E-state index in [0.717, 1.165) is 76.7 Å². The molecule has 0 N–H and O–H groups in total. The number of carbonyl (C=O) groups is 1. The second-order valence-electron chi connectivity index (χ2n) is 12.1. The maximum atomic E-state index is 14.0. The predicted molar refractivity (Wildman–Crippen MR) is 150 cm³/mol. The first-order valence-electron chi connectivity index (χ1n) is 14.6. The molecule has 0 bridgehead atoms. The molecule has 2 atom stereocenters. The van der Waals surface area contributed by atoms with Crippen molar-refractivity contribution in [2.24, 2.45) is 5.41 Å². The number of aromatic nitrogens is 1. The molecule has 5 heterocycles. The zero-order valence-electron chi connectivity index (χ0n) is 22.7. The normalized spacial score (nSPS) is 26.9. The number of carbonyl (C=O) groups excluding carboxylic acids is 1. The van der Waals surface area contributed by atoms with Crippen molar-refractivity contribution in [1.82, 2.24) is 14.8 Å². The molecule has 1 amide bonds. The summed E-state index contributed by atoms with van der Waals surface area (Å²) in [5, 5.41) is 0. The fraction of sp³-hybridized carbons (Fsp3) is 0.613. The van der Waals surface area contributed by atoms with E-state index in [1.807, 2.05) is 12.4 Å². The second-order valence-corrected chi connectivity index (χ2v) is 12.1. The van der Waals surface area contributed by atoms with Gasteiger partial charge in [-0.25, -0.2) is 0 Å². The van der Waals surface area contributed by atoms with Crippen molar-refractivity contribution < 1.29 is 4.79 Å². The molecular formula is C31H43N5O. The lowest BCUT2D eigenvalue weighted by Crippen LogP contribution is -2.53. The van der Waals surface area contributed by atoms with Gasteiger partial charge in [0.15, 0.2) is 0 Å². The van der Waals surface area contributed by atoms with Gasteiger partial charge in [-0.1, -0.05) is 0 Å². The maximum Gasteiger partial charge on any atom is 0.233 e. The van der Waals surface area contributed by atoms with Gasteiger partial charge in [0.1, 0.15) is 0 Å². The van der Waals surface area contributed by atoms with E-state index in [0.29, 0.717) is 11.9 Å². The molecule has 6 rings (SSSR count). The van der Waals surface area contributed by atoms with Crippen molar-refractivity contribution >= 4 is 17.3 Å². The second kappa shape index (κ2) is 10.4. The number of anilines is 2. The summed E-state index contributed by atoms with van der Waals surface area (Å²) in [6.45, 7) is 11.9. The first-order valence-corrected chi connectivity index (χ1v) is 14.6. The summed E-state index contributed by atoms with van der Waals surface area (Å²) in [5.41, 5.74) is 4.79. The van der Waals surface area contributed by atoms with Crippen LogP contribution in [0.4, 0.5) is 11.4 Å². The molecule has 4 aliphatic heterocycles. The Labute approximate surface area is 222 Å². The number of hydrogen-bond donors (Lipinski definition) is 0. The van der Waals surface area contributed by atoms with Gasteiger partial charge in [-0.2, -0.15) is 0 Å². The van der Waals surface area contributed by atoms with Crippen LogP contribution in [0.2, 0.25) is 0 Å². The maximum absolute atomic E-state index is 14.0. The quantitative estimate of drug-likeness (QED) is 0.585. The van der Waals surface area contributed by atoms with Gasteiger partial charge in [-0.3, -0.25) is 19.6 Å². The van der Waals surface area contributed by atoms with E-state index in [1.165, 1.54) is 42.6 Å². The smallest absolute Gasteiger partial charge is 0.233 e. The SMILES string of the molecule is Cc1cc(N2CC[C@H](N3CCC[C@@H]3C)C2)ccc1N1CCCC2(CCN(Cc3ccncc3)CC2)C1=O. The van der Waals surface area contributed by atoms with Crippen molar-refractivity contribution in [3.63, 3.8) is 0 Å². The summed E-state index contributed by atoms with van der Waals surface area (Å²) in [6, 6.07) is 12.4. The van der Waals surface area contributed by atoms with Crippen LogP contribution < -0.4 is 9.80 Å². The van der Waals surface area contributed by atoms with Crippen LogP contribution in [0.5, 0.6) is 0 Å². The zero-order valence-corrected chi connectivity index (χ0v) is 22.7. The fourth-order valence-electron chi connectivity index (χ4n) is 7.53. The molecule has 4 aliphatic rings. The number of nitrogens with zero attached hydrogens (tertiary/aromatic N) is 5. The number of pyridine rings is 1. The standard InChI is InChI=1S/C31H43N5O/c1-24-21-27(34-18-10-28(23-34)35-16-3-5-25(35)2)6-7-29(24)36-17-4-11-31(30(36)37)12-19-33(20-13-31)22-26-8-14-32-15-9-26/h6-9,14-15,21,25,28H,3-5,10-13,16-20,22-23H2,1-2H3/t25-,28-/m0/s1. The van der Waals surface area contributed by atoms with Crippen LogP contribution in [0.3, 0.4) is 0 Å². The van der Waals surface area contributed by atoms with E-state index in [9.17, 15) is 4.79 Å². The molecule has 37 heavy (non-hydrogen) atoms. The minimum Gasteiger partial charge on any atom is -0.370 e. The monoisotopic (exact) mass is 501 g/mol. The van der Waals surface area contributed by atoms with Crippen LogP contribution in [-0.2, 0) is 11.3 Å². The predicted octanol–water partition coefficient (Wildman–Crippen LogP) is 4.86. The van der Waals surface area contributed by atoms with E-state index in [-0.39, 0.29) is 5.41 Å². The first-order chi connectivity index (χ1) is 18.0. The highest BCUT2D eigenvalue weighted by molar-refractivity contribution is 5.99. The van der Waals surface area contributed by atoms with Crippen molar-refractivity contribution in [3.05, 3.63) is 53.9 Å². The Morgan fingerprint density at radius 2 is 1.76 bits per heavy atom. The summed E-state index contributed by atoms with van der Waals surface area (Å²) < 4.78 is 0. The lowest BCUT2D eigenvalue weighted by Gasteiger charge is -2.46. The van der Waals surface area contributed by atoms with Crippen molar-refractivity contribution in [3.8, 4) is 0 Å². The highest BCUT2D eigenvalue weighted by Crippen LogP contribution is 2.43. The molecule has 1 spiro atoms. The molecule has 198 valence electrons. The van der Waals surface area contributed by atoms with Crippen molar-refractivity contribution in [2.75, 3.05) is 49.1 Å². The third-order valence-corrected chi connectivity index (χ3v) is 9.78. The van der Waals surface area contributed by atoms with E-state index < -0.39 is 0 Å². The molecule has 1 aromatic heterocycles. The van der Waals surface area contributed by atoms with Gasteiger partial charge in [0.05, 0.1) is 5.41 Å². The lowest BCUT2D eigenvalue weighted by atomic mass is 9.71. The summed E-state index contributed by atoms with van der Waals surface area (Å²) >= 11 is 0. The van der Waals surface area contributed by atoms with Gasteiger partial charge in [0, 0.05) is 62.0 Å². The highest BCUT2D eigenvalue weighted by atomic mass is 16.2. The summed E-state index contributed by atoms with van der Waals surface area (Å²) in [4.78, 5) is 28.0. The van der Waals surface area contributed by atoms with E-state index in [1.54, 1.807) is 0 Å². The molecule has 0 radical (unpaired) electrons. The third-order valence-electron chi connectivity index (χ3n) is 9.78. The van der Waals surface area contributed by atoms with Gasteiger partial charge >= 0.3 is 0 Å². The molecule has 1 aromatic carbocycles. The topological polar surface area (TPSA) is 42.9 Å². The number of rotatable bonds is 5. The first kappa shape index (κ1) is 24.9. The summed E-state index contributed by atoms with van der Waals surface area (Å²) in [7, 11) is 0. The minimum atomic E-state index is -0.188. The van der Waals surface area contributed by atoms with Gasteiger partial charge in [0.2, 0.25) is 5.91 Å². The lowest BCUT2D eigenvalue weighted by molar-refractivity contribution is -0.133. The zero-order chi connectivity index (χ0) is 25.4. The Kier molecular flexibility index (Phi) is 6.97. The van der Waals surface area contributed by atoms with Gasteiger partial charge < -0.3 is 9.80 Å². The van der Waals surface area contributed by atoms with Crippen LogP contribution in [0.1, 0.15) is 63.0 Å². The molecule has 0 unspecified atom stereocenters. The van der Waals surface area contributed by atoms with E-state index in [2.05, 4.69) is 68.8 Å². The number of piperidine rings is 2. The summed E-state index contributed by atoms with van der Waals surface area (Å²) in [5.74, 6) is 0.363. The van der Waals surface area contributed by atoms with Crippen LogP contribution in [0.25, 0.3) is 0 Å². The molecule has 0 aliphatic carbocycles. The van der Waals surface area contributed by atoms with E-state index >= 15 is 0 Å². The third kappa shape index (κ3) is 4.90. The van der Waals surface area contributed by atoms with Crippen LogP contribution in [-0.4, -0.2) is 72.0 Å². The molecule has 0 saturated carbocycles. The number of hydrogen-bond acceptors (Lipinski definition) is 5. The number of amides is 1. The van der Waals surface area contributed by atoms with Crippen molar-refractivity contribution in [2.45, 2.75) is 77.4 Å². The van der Waals surface area contributed by atoms with Crippen LogP contribution in [0, 0.1) is 12.3 Å². The molecular weight excluding hydrogens is 458 g/mol. The molecule has 4 saturated heterocycles. The van der Waals surface area contributed by atoms with Crippen LogP contribution in [0.15, 0.2) is 42.7 Å². The largest absolute Gasteiger partial charge is 0.370 e. The number of aryl methyl sites for hydroxylation is 1. The number of benzene rings is 1. The average Bonchev–Trinajstić information content (AvgIpc) is 3.57. The van der Waals surface area contributed by atoms with Gasteiger partial charge in [0.25, 0.3) is 0 Å². The Morgan fingerprint density at radius 1 is 0.946 bits per heavy atom. The summed E-state index contributed by atoms with van der Waals surface area (Å²) in [6.07, 6.45) is 11.8. The molecule has 6 nitrogen and oxygen atoms in total. The number of likely N-dealkylation sites (tertiary alicyclic amines) is 2.